The third-order valence-electron chi connectivity index (χ3n) is 4.98. The van der Waals surface area contributed by atoms with E-state index in [1.807, 2.05) is 31.2 Å². The zero-order chi connectivity index (χ0) is 22.3. The Labute approximate surface area is 173 Å². The normalized spacial score (nSPS) is 12.9. The number of ketones is 2. The van der Waals surface area contributed by atoms with Gasteiger partial charge >= 0.3 is 5.97 Å². The standard InChI is InChI=1S/C22H25FN2O5/c1-3-17(19(26)10-16(11-21(28)29)20(27)12-23)18-7-8-24-25(22(18)30)13-15-6-4-5-14(2)9-15/h4-9,16-17H,3,10-13H2,1-2H3,(H,28,29). The number of halogens is 1. The van der Waals surface area contributed by atoms with Gasteiger partial charge in [0.15, 0.2) is 5.78 Å². The average molecular weight is 416 g/mol. The fourth-order valence-corrected chi connectivity index (χ4v) is 3.45. The number of benzene rings is 1. The summed E-state index contributed by atoms with van der Waals surface area (Å²) in [6.07, 6.45) is 0.669. The number of carbonyl (C=O) groups is 3. The molecule has 0 saturated carbocycles. The molecule has 2 rings (SSSR count). The van der Waals surface area contributed by atoms with Gasteiger partial charge in [0, 0.05) is 30.0 Å². The Hall–Kier alpha value is -3.16. The first-order valence-electron chi connectivity index (χ1n) is 9.71. The Bertz CT molecular complexity index is 985. The van der Waals surface area contributed by atoms with E-state index in [0.717, 1.165) is 11.1 Å². The molecule has 0 saturated heterocycles. The molecule has 0 radical (unpaired) electrons. The van der Waals surface area contributed by atoms with E-state index in [-0.39, 0.29) is 18.5 Å². The molecule has 1 aromatic heterocycles. The molecule has 30 heavy (non-hydrogen) atoms. The fraction of sp³-hybridized carbons (Fsp3) is 0.409. The molecule has 0 fully saturated rings. The summed E-state index contributed by atoms with van der Waals surface area (Å²) < 4.78 is 14.0. The van der Waals surface area contributed by atoms with Crippen LogP contribution >= 0.6 is 0 Å². The quantitative estimate of drug-likeness (QED) is 0.604. The number of carbonyl (C=O) groups excluding carboxylic acids is 2. The third kappa shape index (κ3) is 5.92. The van der Waals surface area contributed by atoms with E-state index < -0.39 is 54.4 Å². The maximum atomic E-state index is 12.9. The van der Waals surface area contributed by atoms with Crippen LogP contribution in [0.3, 0.4) is 0 Å². The average Bonchev–Trinajstić information content (AvgIpc) is 2.69. The molecule has 0 spiro atoms. The summed E-state index contributed by atoms with van der Waals surface area (Å²) in [4.78, 5) is 48.4. The minimum absolute atomic E-state index is 0.229. The zero-order valence-corrected chi connectivity index (χ0v) is 17.0. The number of aliphatic carboxylic acids is 1. The van der Waals surface area contributed by atoms with Crippen LogP contribution in [0.15, 0.2) is 41.3 Å². The van der Waals surface area contributed by atoms with Crippen molar-refractivity contribution >= 4 is 17.5 Å². The first kappa shape index (κ1) is 23.1. The van der Waals surface area contributed by atoms with E-state index in [1.54, 1.807) is 6.92 Å². The van der Waals surface area contributed by atoms with Gasteiger partial charge in [-0.2, -0.15) is 5.10 Å². The van der Waals surface area contributed by atoms with Gasteiger partial charge in [-0.25, -0.2) is 9.07 Å². The summed E-state index contributed by atoms with van der Waals surface area (Å²) in [5.74, 6) is -4.74. The van der Waals surface area contributed by atoms with Crippen LogP contribution < -0.4 is 5.56 Å². The highest BCUT2D eigenvalue weighted by molar-refractivity contribution is 5.93. The maximum absolute atomic E-state index is 12.9. The van der Waals surface area contributed by atoms with Crippen LogP contribution in [0.1, 0.15) is 48.8 Å². The maximum Gasteiger partial charge on any atom is 0.304 e. The number of Topliss-reactive ketones (excluding diaryl/α,β-unsaturated/α-hetero) is 2. The van der Waals surface area contributed by atoms with E-state index in [2.05, 4.69) is 5.10 Å². The molecular weight excluding hydrogens is 391 g/mol. The van der Waals surface area contributed by atoms with Crippen molar-refractivity contribution in [2.75, 3.05) is 6.67 Å². The molecule has 2 atom stereocenters. The second-order valence-corrected chi connectivity index (χ2v) is 7.26. The summed E-state index contributed by atoms with van der Waals surface area (Å²) in [7, 11) is 0. The SMILES string of the molecule is CCC(C(=O)CC(CC(=O)O)C(=O)CF)c1ccnn(Cc2cccc(C)c2)c1=O. The molecule has 1 N–H and O–H groups in total. The highest BCUT2D eigenvalue weighted by atomic mass is 19.1. The van der Waals surface area contributed by atoms with Gasteiger partial charge < -0.3 is 5.11 Å². The van der Waals surface area contributed by atoms with Crippen LogP contribution in [0.25, 0.3) is 0 Å². The van der Waals surface area contributed by atoms with Crippen LogP contribution in [-0.2, 0) is 20.9 Å². The topological polar surface area (TPSA) is 106 Å². The lowest BCUT2D eigenvalue weighted by atomic mass is 9.85. The minimum Gasteiger partial charge on any atom is -0.481 e. The molecule has 0 aliphatic rings. The molecule has 1 heterocycles. The molecule has 2 unspecified atom stereocenters. The number of alkyl halides is 1. The Morgan fingerprint density at radius 3 is 2.50 bits per heavy atom. The number of rotatable bonds is 11. The number of hydrogen-bond donors (Lipinski definition) is 1. The third-order valence-corrected chi connectivity index (χ3v) is 4.98. The molecule has 8 heteroatoms. The van der Waals surface area contributed by atoms with Gasteiger partial charge in [0.05, 0.1) is 13.0 Å². The van der Waals surface area contributed by atoms with Crippen LogP contribution in [0.4, 0.5) is 4.39 Å². The largest absolute Gasteiger partial charge is 0.481 e. The van der Waals surface area contributed by atoms with Crippen LogP contribution in [-0.4, -0.2) is 39.1 Å². The van der Waals surface area contributed by atoms with Crippen molar-refractivity contribution < 1.29 is 23.9 Å². The van der Waals surface area contributed by atoms with Gasteiger partial charge in [-0.15, -0.1) is 0 Å². The number of aromatic nitrogens is 2. The zero-order valence-electron chi connectivity index (χ0n) is 17.0. The van der Waals surface area contributed by atoms with Crippen LogP contribution in [0.2, 0.25) is 0 Å². The number of nitrogens with zero attached hydrogens (tertiary/aromatic N) is 2. The highest BCUT2D eigenvalue weighted by Gasteiger charge is 2.29. The fourth-order valence-electron chi connectivity index (χ4n) is 3.45. The van der Waals surface area contributed by atoms with Crippen molar-refractivity contribution in [3.63, 3.8) is 0 Å². The van der Waals surface area contributed by atoms with Gasteiger partial charge in [-0.3, -0.25) is 19.2 Å². The first-order valence-corrected chi connectivity index (χ1v) is 9.71. The highest BCUT2D eigenvalue weighted by Crippen LogP contribution is 2.23. The summed E-state index contributed by atoms with van der Waals surface area (Å²) in [5, 5.41) is 13.0. The second-order valence-electron chi connectivity index (χ2n) is 7.26. The smallest absolute Gasteiger partial charge is 0.304 e. The van der Waals surface area contributed by atoms with Gasteiger partial charge in [0.25, 0.3) is 5.56 Å². The summed E-state index contributed by atoms with van der Waals surface area (Å²) >= 11 is 0. The van der Waals surface area contributed by atoms with Crippen molar-refractivity contribution in [2.45, 2.75) is 45.6 Å². The molecule has 0 amide bonds. The van der Waals surface area contributed by atoms with E-state index >= 15 is 0 Å². The van der Waals surface area contributed by atoms with Crippen molar-refractivity contribution in [1.29, 1.82) is 0 Å². The first-order chi connectivity index (χ1) is 14.3. The lowest BCUT2D eigenvalue weighted by molar-refractivity contribution is -0.141. The molecule has 0 aliphatic heterocycles. The second kappa shape index (κ2) is 10.6. The minimum atomic E-state index is -1.33. The molecule has 7 nitrogen and oxygen atoms in total. The predicted octanol–water partition coefficient (Wildman–Crippen LogP) is 2.68. The lowest BCUT2D eigenvalue weighted by Crippen LogP contribution is -2.31. The van der Waals surface area contributed by atoms with Crippen molar-refractivity contribution in [2.24, 2.45) is 5.92 Å². The van der Waals surface area contributed by atoms with Crippen molar-refractivity contribution in [1.82, 2.24) is 9.78 Å². The van der Waals surface area contributed by atoms with Gasteiger partial charge in [0.2, 0.25) is 0 Å². The van der Waals surface area contributed by atoms with Crippen LogP contribution in [0.5, 0.6) is 0 Å². The molecule has 0 bridgehead atoms. The Balaban J connectivity index is 2.29. The number of aryl methyl sites for hydroxylation is 1. The Kier molecular flexibility index (Phi) is 8.15. The van der Waals surface area contributed by atoms with E-state index in [9.17, 15) is 23.6 Å². The van der Waals surface area contributed by atoms with Crippen LogP contribution in [0, 0.1) is 12.8 Å². The lowest BCUT2D eigenvalue weighted by Gasteiger charge is -2.18. The van der Waals surface area contributed by atoms with Gasteiger partial charge in [0.1, 0.15) is 12.5 Å². The van der Waals surface area contributed by atoms with E-state index in [0.29, 0.717) is 0 Å². The molecule has 0 aliphatic carbocycles. The molecular formula is C22H25FN2O5. The Morgan fingerprint density at radius 1 is 1.17 bits per heavy atom. The molecule has 1 aromatic carbocycles. The van der Waals surface area contributed by atoms with E-state index in [1.165, 1.54) is 16.9 Å². The molecule has 160 valence electrons. The number of hydrogen-bond acceptors (Lipinski definition) is 5. The monoisotopic (exact) mass is 416 g/mol. The summed E-state index contributed by atoms with van der Waals surface area (Å²) in [6, 6.07) is 9.08. The summed E-state index contributed by atoms with van der Waals surface area (Å²) in [5.41, 5.74) is 1.73. The van der Waals surface area contributed by atoms with E-state index in [4.69, 9.17) is 5.11 Å². The van der Waals surface area contributed by atoms with Gasteiger partial charge in [-0.05, 0) is 25.0 Å². The number of carboxylic acid groups (broad SMARTS) is 1. The van der Waals surface area contributed by atoms with Crippen molar-refractivity contribution in [3.8, 4) is 0 Å². The summed E-state index contributed by atoms with van der Waals surface area (Å²) in [6.45, 7) is 2.56. The number of carboxylic acids is 1. The predicted molar refractivity (Wildman–Crippen MR) is 108 cm³/mol. The van der Waals surface area contributed by atoms with Crippen molar-refractivity contribution in [3.05, 3.63) is 63.6 Å². The Morgan fingerprint density at radius 2 is 1.90 bits per heavy atom. The van der Waals surface area contributed by atoms with Gasteiger partial charge in [-0.1, -0.05) is 36.8 Å². The molecule has 2 aromatic rings.